The SMILES string of the molecule is Cl.Cl.Cn1cc(CN)cn1. The maximum Gasteiger partial charge on any atom is 0.0534 e. The second-order valence-electron chi connectivity index (χ2n) is 1.73. The number of nitrogens with zero attached hydrogens (tertiary/aromatic N) is 2. The monoisotopic (exact) mass is 183 g/mol. The van der Waals surface area contributed by atoms with E-state index in [2.05, 4.69) is 5.10 Å². The number of aryl methyl sites for hydroxylation is 1. The summed E-state index contributed by atoms with van der Waals surface area (Å²) in [6.07, 6.45) is 3.67. The molecule has 0 saturated carbocycles. The van der Waals surface area contributed by atoms with E-state index in [1.165, 1.54) is 0 Å². The molecule has 1 heterocycles. The van der Waals surface area contributed by atoms with Gasteiger partial charge in [0, 0.05) is 25.4 Å². The van der Waals surface area contributed by atoms with Crippen LogP contribution in [0.5, 0.6) is 0 Å². The van der Waals surface area contributed by atoms with Gasteiger partial charge in [0.2, 0.25) is 0 Å². The maximum atomic E-state index is 5.31. The molecule has 10 heavy (non-hydrogen) atoms. The van der Waals surface area contributed by atoms with Crippen molar-refractivity contribution in [3.05, 3.63) is 18.0 Å². The lowest BCUT2D eigenvalue weighted by molar-refractivity contribution is 0.767. The van der Waals surface area contributed by atoms with Crippen LogP contribution in [0.15, 0.2) is 12.4 Å². The number of rotatable bonds is 1. The number of halogens is 2. The van der Waals surface area contributed by atoms with E-state index in [1.807, 2.05) is 13.2 Å². The second kappa shape index (κ2) is 5.53. The Hall–Kier alpha value is -0.250. The van der Waals surface area contributed by atoms with Gasteiger partial charge in [-0.25, -0.2) is 0 Å². The molecule has 1 rings (SSSR count). The minimum Gasteiger partial charge on any atom is -0.326 e. The first-order valence-electron chi connectivity index (χ1n) is 2.50. The van der Waals surface area contributed by atoms with Gasteiger partial charge in [0.1, 0.15) is 0 Å². The smallest absolute Gasteiger partial charge is 0.0534 e. The lowest BCUT2D eigenvalue weighted by atomic mass is 10.4. The van der Waals surface area contributed by atoms with E-state index in [1.54, 1.807) is 10.9 Å². The van der Waals surface area contributed by atoms with Crippen LogP contribution in [0.25, 0.3) is 0 Å². The Morgan fingerprint density at radius 2 is 2.20 bits per heavy atom. The van der Waals surface area contributed by atoms with Gasteiger partial charge in [-0.2, -0.15) is 5.10 Å². The van der Waals surface area contributed by atoms with Gasteiger partial charge in [-0.1, -0.05) is 0 Å². The fraction of sp³-hybridized carbons (Fsp3) is 0.400. The molecule has 0 aliphatic rings. The van der Waals surface area contributed by atoms with Crippen molar-refractivity contribution in [2.24, 2.45) is 12.8 Å². The highest BCUT2D eigenvalue weighted by Crippen LogP contribution is 1.91. The molecule has 0 amide bonds. The van der Waals surface area contributed by atoms with Crippen LogP contribution in [-0.4, -0.2) is 9.78 Å². The maximum absolute atomic E-state index is 5.31. The first kappa shape index (κ1) is 12.4. The standard InChI is InChI=1S/C5H9N3.2ClH/c1-8-4-5(2-6)3-7-8;;/h3-4H,2,6H2,1H3;2*1H. The highest BCUT2D eigenvalue weighted by atomic mass is 35.5. The number of hydrogen-bond acceptors (Lipinski definition) is 2. The van der Waals surface area contributed by atoms with Crippen LogP contribution in [0.4, 0.5) is 0 Å². The van der Waals surface area contributed by atoms with Crippen molar-refractivity contribution in [1.29, 1.82) is 0 Å². The van der Waals surface area contributed by atoms with Crippen molar-refractivity contribution >= 4 is 24.8 Å². The number of nitrogens with two attached hydrogens (primary N) is 1. The molecule has 0 bridgehead atoms. The molecular weight excluding hydrogens is 173 g/mol. The number of aromatic nitrogens is 2. The van der Waals surface area contributed by atoms with Crippen LogP contribution in [0.2, 0.25) is 0 Å². The Labute approximate surface area is 72.4 Å². The summed E-state index contributed by atoms with van der Waals surface area (Å²) >= 11 is 0. The molecule has 0 aliphatic carbocycles. The summed E-state index contributed by atoms with van der Waals surface area (Å²) in [5, 5.41) is 3.92. The van der Waals surface area contributed by atoms with Crippen LogP contribution in [0.1, 0.15) is 5.56 Å². The molecule has 1 aromatic rings. The van der Waals surface area contributed by atoms with Crippen LogP contribution in [0.3, 0.4) is 0 Å². The van der Waals surface area contributed by atoms with Gasteiger partial charge in [-0.15, -0.1) is 24.8 Å². The van der Waals surface area contributed by atoms with Crippen molar-refractivity contribution < 1.29 is 0 Å². The first-order chi connectivity index (χ1) is 3.83. The molecule has 0 spiro atoms. The third kappa shape index (κ3) is 3.06. The zero-order valence-electron chi connectivity index (χ0n) is 5.65. The molecule has 0 aliphatic heterocycles. The Bertz CT molecular complexity index is 175. The van der Waals surface area contributed by atoms with Crippen molar-refractivity contribution in [1.82, 2.24) is 9.78 Å². The van der Waals surface area contributed by atoms with Crippen LogP contribution in [0, 0.1) is 0 Å². The lowest BCUT2D eigenvalue weighted by Gasteiger charge is -1.82. The van der Waals surface area contributed by atoms with E-state index >= 15 is 0 Å². The fourth-order valence-corrected chi connectivity index (χ4v) is 0.577. The Morgan fingerprint density at radius 1 is 1.60 bits per heavy atom. The van der Waals surface area contributed by atoms with Crippen LogP contribution in [-0.2, 0) is 13.6 Å². The Morgan fingerprint density at radius 3 is 2.40 bits per heavy atom. The minimum absolute atomic E-state index is 0. The molecule has 5 heteroatoms. The molecule has 1 aromatic heterocycles. The molecule has 2 N–H and O–H groups in total. The van der Waals surface area contributed by atoms with Gasteiger partial charge in [0.25, 0.3) is 0 Å². The largest absolute Gasteiger partial charge is 0.326 e. The van der Waals surface area contributed by atoms with Crippen LogP contribution < -0.4 is 5.73 Å². The average molecular weight is 184 g/mol. The minimum atomic E-state index is 0. The molecule has 0 saturated heterocycles. The third-order valence-electron chi connectivity index (χ3n) is 0.994. The Kier molecular flexibility index (Phi) is 6.87. The van der Waals surface area contributed by atoms with E-state index in [4.69, 9.17) is 5.73 Å². The van der Waals surface area contributed by atoms with Gasteiger partial charge >= 0.3 is 0 Å². The predicted octanol–water partition coefficient (Wildman–Crippen LogP) is 0.722. The third-order valence-corrected chi connectivity index (χ3v) is 0.994. The lowest BCUT2D eigenvalue weighted by Crippen LogP contribution is -1.93. The van der Waals surface area contributed by atoms with Crippen LogP contribution >= 0.6 is 24.8 Å². The Balaban J connectivity index is 0. The fourth-order valence-electron chi connectivity index (χ4n) is 0.577. The summed E-state index contributed by atoms with van der Waals surface area (Å²) in [5.41, 5.74) is 6.39. The second-order valence-corrected chi connectivity index (χ2v) is 1.73. The molecule has 60 valence electrons. The normalized spacial score (nSPS) is 7.80. The van der Waals surface area contributed by atoms with E-state index in [-0.39, 0.29) is 24.8 Å². The van der Waals surface area contributed by atoms with Crippen molar-refractivity contribution in [2.45, 2.75) is 6.54 Å². The summed E-state index contributed by atoms with van der Waals surface area (Å²) in [4.78, 5) is 0. The van der Waals surface area contributed by atoms with Gasteiger partial charge in [0.05, 0.1) is 6.20 Å². The van der Waals surface area contributed by atoms with E-state index < -0.39 is 0 Å². The molecule has 0 radical (unpaired) electrons. The first-order valence-corrected chi connectivity index (χ1v) is 2.50. The summed E-state index contributed by atoms with van der Waals surface area (Å²) in [6.45, 7) is 0.577. The summed E-state index contributed by atoms with van der Waals surface area (Å²) in [7, 11) is 1.87. The molecule has 3 nitrogen and oxygen atoms in total. The zero-order chi connectivity index (χ0) is 5.98. The molecule has 0 unspecified atom stereocenters. The summed E-state index contributed by atoms with van der Waals surface area (Å²) in [5.74, 6) is 0. The van der Waals surface area contributed by atoms with E-state index in [0.29, 0.717) is 6.54 Å². The highest BCUT2D eigenvalue weighted by Gasteiger charge is 1.88. The van der Waals surface area contributed by atoms with Crippen molar-refractivity contribution in [3.8, 4) is 0 Å². The van der Waals surface area contributed by atoms with E-state index in [9.17, 15) is 0 Å². The van der Waals surface area contributed by atoms with Gasteiger partial charge in [-0.05, 0) is 0 Å². The summed E-state index contributed by atoms with van der Waals surface area (Å²) in [6, 6.07) is 0. The zero-order valence-corrected chi connectivity index (χ0v) is 7.28. The number of hydrogen-bond donors (Lipinski definition) is 1. The molecule has 0 fully saturated rings. The average Bonchev–Trinajstić information content (AvgIpc) is 2.14. The van der Waals surface area contributed by atoms with Crippen molar-refractivity contribution in [3.63, 3.8) is 0 Å². The quantitative estimate of drug-likeness (QED) is 0.698. The topological polar surface area (TPSA) is 43.8 Å². The van der Waals surface area contributed by atoms with Gasteiger partial charge < -0.3 is 5.73 Å². The summed E-state index contributed by atoms with van der Waals surface area (Å²) < 4.78 is 1.74. The molecular formula is C5H11Cl2N3. The molecule has 0 atom stereocenters. The van der Waals surface area contributed by atoms with Gasteiger partial charge in [-0.3, -0.25) is 4.68 Å². The van der Waals surface area contributed by atoms with E-state index in [0.717, 1.165) is 5.56 Å². The van der Waals surface area contributed by atoms with Crippen molar-refractivity contribution in [2.75, 3.05) is 0 Å². The van der Waals surface area contributed by atoms with Gasteiger partial charge in [0.15, 0.2) is 0 Å². The molecule has 0 aromatic carbocycles. The highest BCUT2D eigenvalue weighted by molar-refractivity contribution is 5.85. The predicted molar refractivity (Wildman–Crippen MR) is 45.6 cm³/mol.